The highest BCUT2D eigenvalue weighted by atomic mass is 19.1. The molecule has 1 aliphatic heterocycles. The predicted octanol–water partition coefficient (Wildman–Crippen LogP) is 2.52. The van der Waals surface area contributed by atoms with Crippen LogP contribution in [0.1, 0.15) is 46.9 Å². The molecule has 2 amide bonds. The van der Waals surface area contributed by atoms with Crippen molar-refractivity contribution in [3.05, 3.63) is 65.4 Å². The molecule has 0 bridgehead atoms. The molecular formula is C21H22FN5O2. The maximum Gasteiger partial charge on any atom is 0.256 e. The maximum absolute atomic E-state index is 13.2. The molecule has 1 unspecified atom stereocenters. The summed E-state index contributed by atoms with van der Waals surface area (Å²) in [5, 5.41) is 6.96. The third-order valence-corrected chi connectivity index (χ3v) is 5.34. The van der Waals surface area contributed by atoms with E-state index in [4.69, 9.17) is 0 Å². The molecule has 1 aliphatic rings. The van der Waals surface area contributed by atoms with Crippen molar-refractivity contribution >= 4 is 17.5 Å². The fraction of sp³-hybridized carbons (Fsp3) is 0.333. The standard InChI is InChI=1S/C21H22FN5O2/c1-23-21(29)16-13-25-27-18(9-10-24-20(16)27)17-4-2-3-11-26(17)19(28)12-14-5-7-15(22)8-6-14/h5-10,13,17H,2-4,11-12H2,1H3,(H,23,29). The topological polar surface area (TPSA) is 79.6 Å². The number of aromatic nitrogens is 3. The third-order valence-electron chi connectivity index (χ3n) is 5.34. The van der Waals surface area contributed by atoms with Crippen LogP contribution in [0.5, 0.6) is 0 Å². The number of rotatable bonds is 4. The minimum Gasteiger partial charge on any atom is -0.355 e. The van der Waals surface area contributed by atoms with E-state index >= 15 is 0 Å². The molecule has 7 nitrogen and oxygen atoms in total. The van der Waals surface area contributed by atoms with Gasteiger partial charge in [0.15, 0.2) is 5.65 Å². The molecule has 150 valence electrons. The van der Waals surface area contributed by atoms with Crippen molar-refractivity contribution in [2.75, 3.05) is 13.6 Å². The van der Waals surface area contributed by atoms with E-state index in [1.807, 2.05) is 11.0 Å². The highest BCUT2D eigenvalue weighted by Gasteiger charge is 2.30. The number of benzene rings is 1. The second-order valence-electron chi connectivity index (χ2n) is 7.14. The van der Waals surface area contributed by atoms with Crippen LogP contribution in [0.15, 0.2) is 42.7 Å². The Morgan fingerprint density at radius 3 is 2.76 bits per heavy atom. The molecule has 2 aromatic heterocycles. The van der Waals surface area contributed by atoms with Gasteiger partial charge in [0.2, 0.25) is 5.91 Å². The summed E-state index contributed by atoms with van der Waals surface area (Å²) in [6.07, 6.45) is 6.10. The second-order valence-corrected chi connectivity index (χ2v) is 7.14. The molecule has 0 radical (unpaired) electrons. The molecule has 1 saturated heterocycles. The fourth-order valence-corrected chi connectivity index (χ4v) is 3.87. The average molecular weight is 395 g/mol. The molecule has 0 aliphatic carbocycles. The van der Waals surface area contributed by atoms with Crippen molar-refractivity contribution < 1.29 is 14.0 Å². The number of fused-ring (bicyclic) bond motifs is 1. The summed E-state index contributed by atoms with van der Waals surface area (Å²) < 4.78 is 14.8. The summed E-state index contributed by atoms with van der Waals surface area (Å²) in [5.41, 5.74) is 2.48. The van der Waals surface area contributed by atoms with Crippen molar-refractivity contribution in [3.8, 4) is 0 Å². The van der Waals surface area contributed by atoms with Crippen LogP contribution < -0.4 is 5.32 Å². The predicted molar refractivity (Wildman–Crippen MR) is 105 cm³/mol. The van der Waals surface area contributed by atoms with E-state index in [0.717, 1.165) is 30.5 Å². The van der Waals surface area contributed by atoms with Gasteiger partial charge < -0.3 is 10.2 Å². The number of halogens is 1. The molecule has 8 heteroatoms. The third kappa shape index (κ3) is 3.70. The Morgan fingerprint density at radius 2 is 2.00 bits per heavy atom. The SMILES string of the molecule is CNC(=O)c1cnn2c(C3CCCCN3C(=O)Cc3ccc(F)cc3)ccnc12. The van der Waals surface area contributed by atoms with Gasteiger partial charge in [0.25, 0.3) is 5.91 Å². The van der Waals surface area contributed by atoms with Gasteiger partial charge in [0.1, 0.15) is 11.4 Å². The van der Waals surface area contributed by atoms with Gasteiger partial charge in [0.05, 0.1) is 24.4 Å². The number of carbonyl (C=O) groups is 2. The van der Waals surface area contributed by atoms with E-state index in [9.17, 15) is 14.0 Å². The molecule has 0 saturated carbocycles. The van der Waals surface area contributed by atoms with E-state index in [1.165, 1.54) is 18.3 Å². The van der Waals surface area contributed by atoms with Gasteiger partial charge in [-0.1, -0.05) is 12.1 Å². The molecule has 1 N–H and O–H groups in total. The summed E-state index contributed by atoms with van der Waals surface area (Å²) in [4.78, 5) is 31.3. The lowest BCUT2D eigenvalue weighted by molar-refractivity contribution is -0.134. The zero-order chi connectivity index (χ0) is 20.4. The van der Waals surface area contributed by atoms with Gasteiger partial charge in [-0.25, -0.2) is 13.9 Å². The minimum atomic E-state index is -0.318. The Kier molecular flexibility index (Phi) is 5.24. The quantitative estimate of drug-likeness (QED) is 0.736. The van der Waals surface area contributed by atoms with Crippen LogP contribution in [0, 0.1) is 5.82 Å². The lowest BCUT2D eigenvalue weighted by Gasteiger charge is -2.36. The van der Waals surface area contributed by atoms with Crippen LogP contribution in [-0.2, 0) is 11.2 Å². The molecule has 1 fully saturated rings. The zero-order valence-corrected chi connectivity index (χ0v) is 16.1. The number of hydrogen-bond acceptors (Lipinski definition) is 4. The van der Waals surface area contributed by atoms with Crippen LogP contribution in [0.4, 0.5) is 4.39 Å². The molecule has 1 aromatic carbocycles. The van der Waals surface area contributed by atoms with Crippen molar-refractivity contribution in [2.24, 2.45) is 0 Å². The van der Waals surface area contributed by atoms with E-state index in [1.54, 1.807) is 29.9 Å². The first kappa shape index (κ1) is 19.0. The molecule has 29 heavy (non-hydrogen) atoms. The largest absolute Gasteiger partial charge is 0.355 e. The summed E-state index contributed by atoms with van der Waals surface area (Å²) in [7, 11) is 1.56. The number of likely N-dealkylation sites (tertiary alicyclic amines) is 1. The van der Waals surface area contributed by atoms with E-state index in [0.29, 0.717) is 17.8 Å². The normalized spacial score (nSPS) is 16.8. The Labute approximate surface area is 167 Å². The second kappa shape index (κ2) is 7.98. The van der Waals surface area contributed by atoms with Gasteiger partial charge in [-0.05, 0) is 43.0 Å². The van der Waals surface area contributed by atoms with E-state index < -0.39 is 0 Å². The number of nitrogens with zero attached hydrogens (tertiary/aromatic N) is 4. The van der Waals surface area contributed by atoms with Crippen molar-refractivity contribution in [3.63, 3.8) is 0 Å². The molecule has 0 spiro atoms. The lowest BCUT2D eigenvalue weighted by Crippen LogP contribution is -2.40. The summed E-state index contributed by atoms with van der Waals surface area (Å²) in [6.45, 7) is 0.651. The first-order valence-electron chi connectivity index (χ1n) is 9.67. The summed E-state index contributed by atoms with van der Waals surface area (Å²) in [5.74, 6) is -0.579. The smallest absolute Gasteiger partial charge is 0.256 e. The number of piperidine rings is 1. The fourth-order valence-electron chi connectivity index (χ4n) is 3.87. The van der Waals surface area contributed by atoms with Crippen LogP contribution >= 0.6 is 0 Å². The Hall–Kier alpha value is -3.29. The molecule has 1 atom stereocenters. The van der Waals surface area contributed by atoms with E-state index in [2.05, 4.69) is 15.4 Å². The lowest BCUT2D eigenvalue weighted by atomic mass is 9.98. The van der Waals surface area contributed by atoms with E-state index in [-0.39, 0.29) is 30.1 Å². The number of hydrogen-bond donors (Lipinski definition) is 1. The summed E-state index contributed by atoms with van der Waals surface area (Å²) >= 11 is 0. The first-order chi connectivity index (χ1) is 14.1. The first-order valence-corrected chi connectivity index (χ1v) is 9.67. The molecule has 3 aromatic rings. The van der Waals surface area contributed by atoms with Crippen LogP contribution in [-0.4, -0.2) is 44.9 Å². The maximum atomic E-state index is 13.2. The monoisotopic (exact) mass is 395 g/mol. The van der Waals surface area contributed by atoms with Gasteiger partial charge in [-0.3, -0.25) is 9.59 Å². The van der Waals surface area contributed by atoms with Crippen molar-refractivity contribution in [1.82, 2.24) is 24.8 Å². The highest BCUT2D eigenvalue weighted by molar-refractivity contribution is 5.99. The van der Waals surface area contributed by atoms with Crippen LogP contribution in [0.2, 0.25) is 0 Å². The number of amides is 2. The highest BCUT2D eigenvalue weighted by Crippen LogP contribution is 2.31. The zero-order valence-electron chi connectivity index (χ0n) is 16.1. The number of nitrogens with one attached hydrogen (secondary N) is 1. The van der Waals surface area contributed by atoms with Gasteiger partial charge >= 0.3 is 0 Å². The van der Waals surface area contributed by atoms with Gasteiger partial charge in [-0.15, -0.1) is 0 Å². The van der Waals surface area contributed by atoms with Crippen molar-refractivity contribution in [2.45, 2.75) is 31.7 Å². The number of carbonyl (C=O) groups excluding carboxylic acids is 2. The summed E-state index contributed by atoms with van der Waals surface area (Å²) in [6, 6.07) is 7.71. The van der Waals surface area contributed by atoms with Crippen LogP contribution in [0.3, 0.4) is 0 Å². The van der Waals surface area contributed by atoms with Crippen molar-refractivity contribution in [1.29, 1.82) is 0 Å². The Bertz CT molecular complexity index is 1050. The molecular weight excluding hydrogens is 373 g/mol. The Morgan fingerprint density at radius 1 is 1.21 bits per heavy atom. The minimum absolute atomic E-state index is 0.00930. The Balaban J connectivity index is 1.65. The average Bonchev–Trinajstić information content (AvgIpc) is 3.19. The molecule has 4 rings (SSSR count). The van der Waals surface area contributed by atoms with Gasteiger partial charge in [0, 0.05) is 19.8 Å². The van der Waals surface area contributed by atoms with Crippen LogP contribution in [0.25, 0.3) is 5.65 Å². The molecule has 3 heterocycles. The van der Waals surface area contributed by atoms with Gasteiger partial charge in [-0.2, -0.15) is 5.10 Å².